The van der Waals surface area contributed by atoms with E-state index >= 15 is 0 Å². The van der Waals surface area contributed by atoms with E-state index in [1.54, 1.807) is 18.2 Å². The van der Waals surface area contributed by atoms with Crippen molar-refractivity contribution in [3.63, 3.8) is 0 Å². The summed E-state index contributed by atoms with van der Waals surface area (Å²) in [6, 6.07) is 9.00. The molecule has 66 valence electrons. The molecular formula is C10H9NO2. The lowest BCUT2D eigenvalue weighted by Gasteiger charge is -1.97. The Morgan fingerprint density at radius 2 is 2.31 bits per heavy atom. The first-order valence-corrected chi connectivity index (χ1v) is 3.93. The molecule has 0 fully saturated rings. The van der Waals surface area contributed by atoms with Crippen LogP contribution in [0.2, 0.25) is 0 Å². The predicted octanol–water partition coefficient (Wildman–Crippen LogP) is 1.58. The molecule has 1 aromatic rings. The maximum absolute atomic E-state index is 10.3. The minimum atomic E-state index is -0.817. The summed E-state index contributed by atoms with van der Waals surface area (Å²) in [5, 5.41) is 17.0. The van der Waals surface area contributed by atoms with Crippen LogP contribution in [-0.2, 0) is 11.2 Å². The van der Waals surface area contributed by atoms with Crippen LogP contribution in [0.3, 0.4) is 0 Å². The number of aryl methyl sites for hydroxylation is 1. The van der Waals surface area contributed by atoms with Gasteiger partial charge < -0.3 is 5.11 Å². The van der Waals surface area contributed by atoms with Crippen LogP contribution < -0.4 is 0 Å². The highest BCUT2D eigenvalue weighted by Crippen LogP contribution is 2.06. The monoisotopic (exact) mass is 175 g/mol. The minimum absolute atomic E-state index is 0.106. The van der Waals surface area contributed by atoms with E-state index in [0.717, 1.165) is 5.56 Å². The zero-order chi connectivity index (χ0) is 9.68. The van der Waals surface area contributed by atoms with Crippen LogP contribution in [-0.4, -0.2) is 11.1 Å². The lowest BCUT2D eigenvalue weighted by Crippen LogP contribution is -1.97. The molecule has 0 heterocycles. The Morgan fingerprint density at radius 3 is 2.92 bits per heavy atom. The summed E-state index contributed by atoms with van der Waals surface area (Å²) in [4.78, 5) is 10.3. The minimum Gasteiger partial charge on any atom is -0.481 e. The molecule has 13 heavy (non-hydrogen) atoms. The molecule has 1 rings (SSSR count). The molecular weight excluding hydrogens is 166 g/mol. The Labute approximate surface area is 76.2 Å². The van der Waals surface area contributed by atoms with Crippen LogP contribution in [0.4, 0.5) is 0 Å². The van der Waals surface area contributed by atoms with Gasteiger partial charge in [0.15, 0.2) is 0 Å². The fourth-order valence-corrected chi connectivity index (χ4v) is 1.05. The van der Waals surface area contributed by atoms with E-state index in [2.05, 4.69) is 0 Å². The van der Waals surface area contributed by atoms with Crippen molar-refractivity contribution < 1.29 is 9.90 Å². The van der Waals surface area contributed by atoms with Crippen molar-refractivity contribution in [1.82, 2.24) is 0 Å². The number of nitriles is 1. The first-order valence-electron chi connectivity index (χ1n) is 3.93. The third kappa shape index (κ3) is 2.96. The largest absolute Gasteiger partial charge is 0.481 e. The van der Waals surface area contributed by atoms with Gasteiger partial charge in [-0.1, -0.05) is 12.1 Å². The van der Waals surface area contributed by atoms with Crippen molar-refractivity contribution >= 4 is 5.97 Å². The van der Waals surface area contributed by atoms with Gasteiger partial charge in [0.1, 0.15) is 0 Å². The van der Waals surface area contributed by atoms with Gasteiger partial charge in [-0.15, -0.1) is 0 Å². The van der Waals surface area contributed by atoms with Crippen LogP contribution in [0.5, 0.6) is 0 Å². The van der Waals surface area contributed by atoms with Crippen molar-refractivity contribution in [1.29, 1.82) is 5.26 Å². The van der Waals surface area contributed by atoms with E-state index in [-0.39, 0.29) is 6.42 Å². The maximum Gasteiger partial charge on any atom is 0.303 e. The summed E-state index contributed by atoms with van der Waals surface area (Å²) in [7, 11) is 0. The van der Waals surface area contributed by atoms with Gasteiger partial charge in [-0.3, -0.25) is 4.79 Å². The SMILES string of the molecule is N#Cc1cccc(CCC(=O)O)c1. The van der Waals surface area contributed by atoms with Crippen molar-refractivity contribution in [2.24, 2.45) is 0 Å². The standard InChI is InChI=1S/C10H9NO2/c11-7-9-3-1-2-8(6-9)4-5-10(12)13/h1-3,6H,4-5H2,(H,12,13). The van der Waals surface area contributed by atoms with E-state index < -0.39 is 5.97 Å². The molecule has 3 nitrogen and oxygen atoms in total. The molecule has 0 aliphatic heterocycles. The van der Waals surface area contributed by atoms with Gasteiger partial charge in [0.05, 0.1) is 11.6 Å². The Balaban J connectivity index is 2.68. The number of hydrogen-bond donors (Lipinski definition) is 1. The summed E-state index contributed by atoms with van der Waals surface area (Å²) in [5.74, 6) is -0.817. The molecule has 0 bridgehead atoms. The topological polar surface area (TPSA) is 61.1 Å². The number of carboxylic acids is 1. The molecule has 0 saturated carbocycles. The average molecular weight is 175 g/mol. The van der Waals surface area contributed by atoms with Crippen molar-refractivity contribution in [2.75, 3.05) is 0 Å². The van der Waals surface area contributed by atoms with Gasteiger partial charge in [0.25, 0.3) is 0 Å². The number of carbonyl (C=O) groups is 1. The van der Waals surface area contributed by atoms with Crippen LogP contribution in [0.1, 0.15) is 17.5 Å². The Kier molecular flexibility index (Phi) is 3.04. The molecule has 0 aliphatic rings. The average Bonchev–Trinajstić information content (AvgIpc) is 2.15. The van der Waals surface area contributed by atoms with Crippen LogP contribution in [0.15, 0.2) is 24.3 Å². The molecule has 0 unspecified atom stereocenters. The summed E-state index contributed by atoms with van der Waals surface area (Å²) >= 11 is 0. The van der Waals surface area contributed by atoms with Gasteiger partial charge in [-0.2, -0.15) is 5.26 Å². The van der Waals surface area contributed by atoms with E-state index in [1.165, 1.54) is 0 Å². The highest BCUT2D eigenvalue weighted by atomic mass is 16.4. The molecule has 0 saturated heterocycles. The fourth-order valence-electron chi connectivity index (χ4n) is 1.05. The Hall–Kier alpha value is -1.82. The quantitative estimate of drug-likeness (QED) is 0.758. The summed E-state index contributed by atoms with van der Waals surface area (Å²) in [6.07, 6.45) is 0.583. The van der Waals surface area contributed by atoms with Crippen LogP contribution >= 0.6 is 0 Å². The van der Waals surface area contributed by atoms with Gasteiger partial charge in [-0.05, 0) is 24.1 Å². The molecule has 0 spiro atoms. The fraction of sp³-hybridized carbons (Fsp3) is 0.200. The van der Waals surface area contributed by atoms with Crippen LogP contribution in [0.25, 0.3) is 0 Å². The zero-order valence-electron chi connectivity index (χ0n) is 7.03. The predicted molar refractivity (Wildman–Crippen MR) is 47.1 cm³/mol. The molecule has 0 amide bonds. The molecule has 3 heteroatoms. The second kappa shape index (κ2) is 4.27. The van der Waals surface area contributed by atoms with Crippen molar-refractivity contribution in [3.8, 4) is 6.07 Å². The second-order valence-electron chi connectivity index (χ2n) is 2.71. The third-order valence-corrected chi connectivity index (χ3v) is 1.68. The Morgan fingerprint density at radius 1 is 1.54 bits per heavy atom. The van der Waals surface area contributed by atoms with Gasteiger partial charge in [0, 0.05) is 6.42 Å². The normalized spacial score (nSPS) is 9.15. The number of benzene rings is 1. The lowest BCUT2D eigenvalue weighted by molar-refractivity contribution is -0.136. The first-order chi connectivity index (χ1) is 6.22. The number of rotatable bonds is 3. The molecule has 0 radical (unpaired) electrons. The van der Waals surface area contributed by atoms with E-state index in [9.17, 15) is 4.79 Å². The second-order valence-corrected chi connectivity index (χ2v) is 2.71. The number of nitrogens with zero attached hydrogens (tertiary/aromatic N) is 1. The summed E-state index contributed by atoms with van der Waals surface area (Å²) in [5.41, 5.74) is 1.46. The third-order valence-electron chi connectivity index (χ3n) is 1.68. The molecule has 0 atom stereocenters. The molecule has 1 aromatic carbocycles. The Bertz CT molecular complexity index is 352. The smallest absolute Gasteiger partial charge is 0.303 e. The number of hydrogen-bond acceptors (Lipinski definition) is 2. The maximum atomic E-state index is 10.3. The van der Waals surface area contributed by atoms with Crippen molar-refractivity contribution in [2.45, 2.75) is 12.8 Å². The highest BCUT2D eigenvalue weighted by molar-refractivity contribution is 5.67. The van der Waals surface area contributed by atoms with Gasteiger partial charge in [0.2, 0.25) is 0 Å². The molecule has 0 aromatic heterocycles. The first kappa shape index (κ1) is 9.27. The van der Waals surface area contributed by atoms with E-state index in [4.69, 9.17) is 10.4 Å². The molecule has 1 N–H and O–H groups in total. The summed E-state index contributed by atoms with van der Waals surface area (Å²) in [6.45, 7) is 0. The van der Waals surface area contributed by atoms with Crippen molar-refractivity contribution in [3.05, 3.63) is 35.4 Å². The van der Waals surface area contributed by atoms with E-state index in [0.29, 0.717) is 12.0 Å². The van der Waals surface area contributed by atoms with Crippen LogP contribution in [0, 0.1) is 11.3 Å². The summed E-state index contributed by atoms with van der Waals surface area (Å²) < 4.78 is 0. The number of aliphatic carboxylic acids is 1. The zero-order valence-corrected chi connectivity index (χ0v) is 7.03. The lowest BCUT2D eigenvalue weighted by atomic mass is 10.1. The molecule has 0 aliphatic carbocycles. The van der Waals surface area contributed by atoms with E-state index in [1.807, 2.05) is 12.1 Å². The van der Waals surface area contributed by atoms with Gasteiger partial charge >= 0.3 is 5.97 Å². The van der Waals surface area contributed by atoms with Gasteiger partial charge in [-0.25, -0.2) is 0 Å². The highest BCUT2D eigenvalue weighted by Gasteiger charge is 1.99. The number of carboxylic acid groups (broad SMARTS) is 1.